The largest absolute Gasteiger partial charge is 0.497 e. The van der Waals surface area contributed by atoms with E-state index in [0.717, 1.165) is 24.4 Å². The molecule has 1 fully saturated rings. The fraction of sp³-hybridized carbons (Fsp3) is 0.333. The number of hydrogen-bond donors (Lipinski definition) is 1. The molecule has 0 spiro atoms. The molecule has 1 unspecified atom stereocenters. The van der Waals surface area contributed by atoms with Crippen LogP contribution < -0.4 is 10.1 Å². The number of carbonyl (C=O) groups is 1. The Balaban J connectivity index is 1.48. The third kappa shape index (κ3) is 4.49. The quantitative estimate of drug-likeness (QED) is 0.656. The van der Waals surface area contributed by atoms with E-state index < -0.39 is 0 Å². The monoisotopic (exact) mass is 397 g/mol. The van der Waals surface area contributed by atoms with Gasteiger partial charge in [-0.25, -0.2) is 0 Å². The molecule has 1 amide bonds. The van der Waals surface area contributed by atoms with Crippen molar-refractivity contribution in [1.29, 1.82) is 0 Å². The number of amides is 1. The van der Waals surface area contributed by atoms with E-state index in [4.69, 9.17) is 18.4 Å². The molecule has 1 aliphatic heterocycles. The van der Waals surface area contributed by atoms with Crippen molar-refractivity contribution in [2.45, 2.75) is 6.04 Å². The van der Waals surface area contributed by atoms with Crippen LogP contribution in [0.4, 0.5) is 0 Å². The fourth-order valence-electron chi connectivity index (χ4n) is 3.39. The maximum absolute atomic E-state index is 12.6. The highest BCUT2D eigenvalue weighted by atomic mass is 16.5. The van der Waals surface area contributed by atoms with Gasteiger partial charge in [0.15, 0.2) is 11.5 Å². The zero-order valence-corrected chi connectivity index (χ0v) is 16.2. The van der Waals surface area contributed by atoms with Gasteiger partial charge in [-0.05, 0) is 29.8 Å². The Kier molecular flexibility index (Phi) is 5.92. The minimum Gasteiger partial charge on any atom is -0.497 e. The first-order chi connectivity index (χ1) is 14.2. The van der Waals surface area contributed by atoms with Crippen molar-refractivity contribution in [3.63, 3.8) is 0 Å². The Labute approximate surface area is 168 Å². The number of carbonyl (C=O) groups excluding carboxylic acids is 1. The van der Waals surface area contributed by atoms with Gasteiger partial charge in [0.1, 0.15) is 5.75 Å². The van der Waals surface area contributed by atoms with Crippen LogP contribution in [0.3, 0.4) is 0 Å². The third-order valence-corrected chi connectivity index (χ3v) is 4.93. The number of furan rings is 1. The average Bonchev–Trinajstić information content (AvgIpc) is 3.47. The number of ether oxygens (including phenoxy) is 2. The van der Waals surface area contributed by atoms with Crippen molar-refractivity contribution in [2.24, 2.45) is 0 Å². The molecule has 1 atom stereocenters. The van der Waals surface area contributed by atoms with E-state index in [-0.39, 0.29) is 17.6 Å². The SMILES string of the molecule is COc1cccc(C(CNC(=O)c2cc(-c3ccco3)on2)N2CCOCC2)c1. The number of aromatic nitrogens is 1. The second-order valence-electron chi connectivity index (χ2n) is 6.70. The topological polar surface area (TPSA) is 90.0 Å². The number of nitrogens with zero attached hydrogens (tertiary/aromatic N) is 2. The number of nitrogens with one attached hydrogen (secondary N) is 1. The Morgan fingerprint density at radius 2 is 2.07 bits per heavy atom. The molecular weight excluding hydrogens is 374 g/mol. The van der Waals surface area contributed by atoms with Gasteiger partial charge in [0.05, 0.1) is 32.6 Å². The molecule has 0 aliphatic carbocycles. The summed E-state index contributed by atoms with van der Waals surface area (Å²) < 4.78 is 21.3. The summed E-state index contributed by atoms with van der Waals surface area (Å²) in [5, 5.41) is 6.84. The highest BCUT2D eigenvalue weighted by molar-refractivity contribution is 5.92. The lowest BCUT2D eigenvalue weighted by Gasteiger charge is -2.35. The molecule has 2 aromatic heterocycles. The lowest BCUT2D eigenvalue weighted by atomic mass is 10.0. The summed E-state index contributed by atoms with van der Waals surface area (Å²) >= 11 is 0. The van der Waals surface area contributed by atoms with E-state index in [1.807, 2.05) is 24.3 Å². The summed E-state index contributed by atoms with van der Waals surface area (Å²) in [5.41, 5.74) is 1.28. The van der Waals surface area contributed by atoms with Gasteiger partial charge < -0.3 is 23.7 Å². The molecule has 152 valence electrons. The van der Waals surface area contributed by atoms with E-state index >= 15 is 0 Å². The molecule has 29 heavy (non-hydrogen) atoms. The van der Waals surface area contributed by atoms with Crippen molar-refractivity contribution in [1.82, 2.24) is 15.4 Å². The molecule has 3 heterocycles. The van der Waals surface area contributed by atoms with Gasteiger partial charge in [-0.3, -0.25) is 9.69 Å². The predicted octanol–water partition coefficient (Wildman–Crippen LogP) is 2.75. The second kappa shape index (κ2) is 8.93. The maximum Gasteiger partial charge on any atom is 0.273 e. The van der Waals surface area contributed by atoms with Crippen LogP contribution in [-0.2, 0) is 4.74 Å². The van der Waals surface area contributed by atoms with Crippen LogP contribution >= 0.6 is 0 Å². The molecule has 1 aliphatic rings. The first kappa shape index (κ1) is 19.2. The Morgan fingerprint density at radius 1 is 1.21 bits per heavy atom. The Morgan fingerprint density at radius 3 is 2.83 bits per heavy atom. The lowest BCUT2D eigenvalue weighted by Crippen LogP contribution is -2.43. The van der Waals surface area contributed by atoms with Gasteiger partial charge in [-0.1, -0.05) is 17.3 Å². The minimum absolute atomic E-state index is 0.00519. The van der Waals surface area contributed by atoms with Crippen LogP contribution in [0.1, 0.15) is 22.1 Å². The smallest absolute Gasteiger partial charge is 0.273 e. The molecule has 0 bridgehead atoms. The van der Waals surface area contributed by atoms with Crippen molar-refractivity contribution >= 4 is 5.91 Å². The molecule has 3 aromatic rings. The third-order valence-electron chi connectivity index (χ3n) is 4.93. The molecule has 0 radical (unpaired) electrons. The van der Waals surface area contributed by atoms with E-state index in [9.17, 15) is 4.79 Å². The maximum atomic E-state index is 12.6. The summed E-state index contributed by atoms with van der Waals surface area (Å²) in [7, 11) is 1.64. The first-order valence-electron chi connectivity index (χ1n) is 9.49. The van der Waals surface area contributed by atoms with E-state index in [1.54, 1.807) is 31.6 Å². The van der Waals surface area contributed by atoms with Crippen molar-refractivity contribution in [3.05, 3.63) is 60.0 Å². The van der Waals surface area contributed by atoms with Crippen LogP contribution in [0.25, 0.3) is 11.5 Å². The molecule has 4 rings (SSSR count). The first-order valence-corrected chi connectivity index (χ1v) is 9.49. The van der Waals surface area contributed by atoms with Gasteiger partial charge in [-0.2, -0.15) is 0 Å². The van der Waals surface area contributed by atoms with Crippen LogP contribution in [0.15, 0.2) is 57.7 Å². The average molecular weight is 397 g/mol. The number of morpholine rings is 1. The predicted molar refractivity (Wildman–Crippen MR) is 105 cm³/mol. The van der Waals surface area contributed by atoms with Crippen molar-refractivity contribution in [2.75, 3.05) is 40.0 Å². The van der Waals surface area contributed by atoms with Crippen LogP contribution in [-0.4, -0.2) is 55.9 Å². The summed E-state index contributed by atoms with van der Waals surface area (Å²) in [6.07, 6.45) is 1.54. The fourth-order valence-corrected chi connectivity index (χ4v) is 3.39. The Hall–Kier alpha value is -3.10. The normalized spacial score (nSPS) is 15.8. The van der Waals surface area contributed by atoms with E-state index in [2.05, 4.69) is 15.4 Å². The zero-order chi connectivity index (χ0) is 20.1. The van der Waals surface area contributed by atoms with Crippen LogP contribution in [0.2, 0.25) is 0 Å². The molecule has 0 saturated carbocycles. The standard InChI is InChI=1S/C21H23N3O5/c1-26-16-5-2-4-15(12-16)18(24-7-10-27-11-8-24)14-22-21(25)17-13-20(29-23-17)19-6-3-9-28-19/h2-6,9,12-13,18H,7-8,10-11,14H2,1H3,(H,22,25). The zero-order valence-electron chi connectivity index (χ0n) is 16.2. The minimum atomic E-state index is -0.298. The molecule has 1 N–H and O–H groups in total. The number of rotatable bonds is 7. The van der Waals surface area contributed by atoms with Crippen LogP contribution in [0.5, 0.6) is 5.75 Å². The van der Waals surface area contributed by atoms with Gasteiger partial charge in [0, 0.05) is 25.7 Å². The molecule has 1 aromatic carbocycles. The summed E-state index contributed by atoms with van der Waals surface area (Å²) in [5.74, 6) is 1.43. The number of hydrogen-bond acceptors (Lipinski definition) is 7. The molecule has 1 saturated heterocycles. The van der Waals surface area contributed by atoms with Gasteiger partial charge >= 0.3 is 0 Å². The highest BCUT2D eigenvalue weighted by Gasteiger charge is 2.24. The van der Waals surface area contributed by atoms with Gasteiger partial charge in [-0.15, -0.1) is 0 Å². The van der Waals surface area contributed by atoms with Crippen LogP contribution in [0, 0.1) is 0 Å². The van der Waals surface area contributed by atoms with Gasteiger partial charge in [0.25, 0.3) is 5.91 Å². The van der Waals surface area contributed by atoms with Crippen molar-refractivity contribution in [3.8, 4) is 17.3 Å². The highest BCUT2D eigenvalue weighted by Crippen LogP contribution is 2.25. The Bertz CT molecular complexity index is 931. The van der Waals surface area contributed by atoms with Gasteiger partial charge in [0.2, 0.25) is 5.76 Å². The number of benzene rings is 1. The summed E-state index contributed by atoms with van der Waals surface area (Å²) in [6.45, 7) is 3.36. The second-order valence-corrected chi connectivity index (χ2v) is 6.70. The summed E-state index contributed by atoms with van der Waals surface area (Å²) in [6, 6.07) is 13.0. The number of methoxy groups -OCH3 is 1. The molecular formula is C21H23N3O5. The summed E-state index contributed by atoms with van der Waals surface area (Å²) in [4.78, 5) is 14.9. The van der Waals surface area contributed by atoms with Crippen molar-refractivity contribution < 1.29 is 23.2 Å². The lowest BCUT2D eigenvalue weighted by molar-refractivity contribution is 0.0162. The van der Waals surface area contributed by atoms with E-state index in [1.165, 1.54) is 0 Å². The van der Waals surface area contributed by atoms with E-state index in [0.29, 0.717) is 31.3 Å². The molecule has 8 heteroatoms. The molecule has 8 nitrogen and oxygen atoms in total.